The van der Waals surface area contributed by atoms with E-state index < -0.39 is 10.0 Å². The van der Waals surface area contributed by atoms with Crippen molar-refractivity contribution in [2.75, 3.05) is 19.7 Å². The summed E-state index contributed by atoms with van der Waals surface area (Å²) in [6.45, 7) is 4.82. The van der Waals surface area contributed by atoms with Crippen molar-refractivity contribution < 1.29 is 17.9 Å². The maximum absolute atomic E-state index is 12.9. The quantitative estimate of drug-likeness (QED) is 0.698. The van der Waals surface area contributed by atoms with Gasteiger partial charge in [0.15, 0.2) is 6.61 Å². The molecular weight excluding hydrogens is 400 g/mol. The van der Waals surface area contributed by atoms with Gasteiger partial charge < -0.3 is 10.1 Å². The number of para-hydroxylation sites is 1. The fourth-order valence-electron chi connectivity index (χ4n) is 3.64. The van der Waals surface area contributed by atoms with Crippen molar-refractivity contribution >= 4 is 15.9 Å². The van der Waals surface area contributed by atoms with Crippen LogP contribution in [0, 0.1) is 0 Å². The summed E-state index contributed by atoms with van der Waals surface area (Å²) in [6, 6.07) is 14.7. The molecule has 1 aliphatic heterocycles. The van der Waals surface area contributed by atoms with Crippen molar-refractivity contribution in [3.05, 3.63) is 59.7 Å². The van der Waals surface area contributed by atoms with E-state index in [0.717, 1.165) is 29.7 Å². The summed E-state index contributed by atoms with van der Waals surface area (Å²) >= 11 is 0. The fourth-order valence-corrected chi connectivity index (χ4v) is 5.11. The molecule has 1 heterocycles. The summed E-state index contributed by atoms with van der Waals surface area (Å²) in [5, 5.41) is 2.97. The van der Waals surface area contributed by atoms with Crippen LogP contribution in [0.5, 0.6) is 5.75 Å². The van der Waals surface area contributed by atoms with Crippen molar-refractivity contribution in [3.8, 4) is 5.75 Å². The van der Waals surface area contributed by atoms with Crippen molar-refractivity contribution in [1.29, 1.82) is 0 Å². The monoisotopic (exact) mass is 430 g/mol. The minimum absolute atomic E-state index is 0.0424. The first kappa shape index (κ1) is 22.3. The number of hydrogen-bond donors (Lipinski definition) is 1. The van der Waals surface area contributed by atoms with Crippen molar-refractivity contribution in [1.82, 2.24) is 9.62 Å². The average Bonchev–Trinajstić information content (AvgIpc) is 2.78. The maximum Gasteiger partial charge on any atom is 0.258 e. The van der Waals surface area contributed by atoms with Gasteiger partial charge >= 0.3 is 0 Å². The van der Waals surface area contributed by atoms with E-state index in [4.69, 9.17) is 4.74 Å². The second-order valence-corrected chi connectivity index (χ2v) is 9.43. The molecule has 0 unspecified atom stereocenters. The Bertz CT molecular complexity index is 949. The van der Waals surface area contributed by atoms with Gasteiger partial charge in [-0.25, -0.2) is 8.42 Å². The zero-order chi connectivity index (χ0) is 21.6. The third kappa shape index (κ3) is 5.40. The number of piperidine rings is 1. The Morgan fingerprint density at radius 2 is 1.70 bits per heavy atom. The second-order valence-electron chi connectivity index (χ2n) is 7.49. The number of aryl methyl sites for hydroxylation is 2. The van der Waals surface area contributed by atoms with Crippen LogP contribution < -0.4 is 10.1 Å². The number of amides is 1. The standard InChI is InChI=1S/C23H30N2O4S/c1-3-18-9-11-21(12-10-18)30(27,28)25-15-13-20(14-16-25)24-23(26)17-29-22-8-6-5-7-19(22)4-2/h5-12,20H,3-4,13-17H2,1-2H3,(H,24,26). The summed E-state index contributed by atoms with van der Waals surface area (Å²) in [7, 11) is -3.50. The summed E-state index contributed by atoms with van der Waals surface area (Å²) in [6.07, 6.45) is 2.89. The SMILES string of the molecule is CCc1ccc(S(=O)(=O)N2CCC(NC(=O)COc3ccccc3CC)CC2)cc1. The molecule has 2 aromatic rings. The molecular formula is C23H30N2O4S. The molecule has 6 nitrogen and oxygen atoms in total. The van der Waals surface area contributed by atoms with Gasteiger partial charge in [-0.1, -0.05) is 44.2 Å². The summed E-state index contributed by atoms with van der Waals surface area (Å²) in [4.78, 5) is 12.6. The number of rotatable bonds is 8. The molecule has 0 spiro atoms. The predicted octanol–water partition coefficient (Wildman–Crippen LogP) is 3.16. The van der Waals surface area contributed by atoms with Gasteiger partial charge in [0, 0.05) is 19.1 Å². The number of ether oxygens (including phenoxy) is 1. The topological polar surface area (TPSA) is 75.7 Å². The predicted molar refractivity (Wildman–Crippen MR) is 117 cm³/mol. The van der Waals surface area contributed by atoms with Crippen LogP contribution in [0.2, 0.25) is 0 Å². The van der Waals surface area contributed by atoms with Gasteiger partial charge in [-0.3, -0.25) is 4.79 Å². The molecule has 1 N–H and O–H groups in total. The second kappa shape index (κ2) is 10.1. The molecule has 1 amide bonds. The highest BCUT2D eigenvalue weighted by atomic mass is 32.2. The fraction of sp³-hybridized carbons (Fsp3) is 0.435. The van der Waals surface area contributed by atoms with E-state index in [0.29, 0.717) is 30.8 Å². The molecule has 2 aromatic carbocycles. The van der Waals surface area contributed by atoms with E-state index in [1.807, 2.05) is 50.2 Å². The van der Waals surface area contributed by atoms with E-state index in [1.165, 1.54) is 4.31 Å². The molecule has 1 saturated heterocycles. The molecule has 0 radical (unpaired) electrons. The minimum Gasteiger partial charge on any atom is -0.483 e. The Morgan fingerprint density at radius 3 is 2.33 bits per heavy atom. The van der Waals surface area contributed by atoms with Crippen molar-refractivity contribution in [2.24, 2.45) is 0 Å². The first-order chi connectivity index (χ1) is 14.4. The summed E-state index contributed by atoms with van der Waals surface area (Å²) in [5.41, 5.74) is 2.18. The first-order valence-corrected chi connectivity index (χ1v) is 12.0. The average molecular weight is 431 g/mol. The zero-order valence-electron chi connectivity index (χ0n) is 17.6. The first-order valence-electron chi connectivity index (χ1n) is 10.5. The lowest BCUT2D eigenvalue weighted by Gasteiger charge is -2.31. The number of carbonyl (C=O) groups excluding carboxylic acids is 1. The third-order valence-corrected chi connectivity index (χ3v) is 7.41. The van der Waals surface area contributed by atoms with Gasteiger partial charge in [0.2, 0.25) is 10.0 Å². The van der Waals surface area contributed by atoms with Crippen LogP contribution in [0.15, 0.2) is 53.4 Å². The maximum atomic E-state index is 12.9. The summed E-state index contributed by atoms with van der Waals surface area (Å²) < 4.78 is 32.9. The minimum atomic E-state index is -3.50. The van der Waals surface area contributed by atoms with Crippen molar-refractivity contribution in [2.45, 2.75) is 50.5 Å². The van der Waals surface area contributed by atoms with E-state index in [-0.39, 0.29) is 18.6 Å². The third-order valence-electron chi connectivity index (χ3n) is 5.50. The van der Waals surface area contributed by atoms with Crippen LogP contribution in [-0.2, 0) is 27.7 Å². The van der Waals surface area contributed by atoms with E-state index in [2.05, 4.69) is 5.32 Å². The lowest BCUT2D eigenvalue weighted by molar-refractivity contribution is -0.124. The Hall–Kier alpha value is -2.38. The number of benzene rings is 2. The molecule has 0 aromatic heterocycles. The molecule has 162 valence electrons. The smallest absolute Gasteiger partial charge is 0.258 e. The number of hydrogen-bond acceptors (Lipinski definition) is 4. The molecule has 0 bridgehead atoms. The lowest BCUT2D eigenvalue weighted by atomic mass is 10.1. The van der Waals surface area contributed by atoms with Gasteiger partial charge in [0.05, 0.1) is 4.90 Å². The lowest BCUT2D eigenvalue weighted by Crippen LogP contribution is -2.47. The van der Waals surface area contributed by atoms with Crippen LogP contribution >= 0.6 is 0 Å². The molecule has 1 fully saturated rings. The van der Waals surface area contributed by atoms with E-state index in [9.17, 15) is 13.2 Å². The Kier molecular flexibility index (Phi) is 7.50. The van der Waals surface area contributed by atoms with Gasteiger partial charge in [-0.15, -0.1) is 0 Å². The van der Waals surface area contributed by atoms with Gasteiger partial charge in [0.25, 0.3) is 5.91 Å². The molecule has 7 heteroatoms. The highest BCUT2D eigenvalue weighted by Crippen LogP contribution is 2.22. The van der Waals surface area contributed by atoms with E-state index in [1.54, 1.807) is 12.1 Å². The van der Waals surface area contributed by atoms with Crippen LogP contribution in [-0.4, -0.2) is 44.4 Å². The number of nitrogens with one attached hydrogen (secondary N) is 1. The van der Waals surface area contributed by atoms with Crippen LogP contribution in [0.3, 0.4) is 0 Å². The van der Waals surface area contributed by atoms with E-state index >= 15 is 0 Å². The van der Waals surface area contributed by atoms with Crippen molar-refractivity contribution in [3.63, 3.8) is 0 Å². The molecule has 30 heavy (non-hydrogen) atoms. The number of carbonyl (C=O) groups is 1. The van der Waals surface area contributed by atoms with Gasteiger partial charge in [-0.2, -0.15) is 4.31 Å². The Labute approximate surface area is 179 Å². The Balaban J connectivity index is 1.49. The van der Waals surface area contributed by atoms with Crippen LogP contribution in [0.4, 0.5) is 0 Å². The molecule has 0 aliphatic carbocycles. The normalized spacial score (nSPS) is 15.7. The number of sulfonamides is 1. The molecule has 3 rings (SSSR count). The van der Waals surface area contributed by atoms with Gasteiger partial charge in [-0.05, 0) is 55.0 Å². The largest absolute Gasteiger partial charge is 0.483 e. The summed E-state index contributed by atoms with van der Waals surface area (Å²) in [5.74, 6) is 0.544. The molecule has 1 aliphatic rings. The van der Waals surface area contributed by atoms with Crippen LogP contribution in [0.1, 0.15) is 37.8 Å². The zero-order valence-corrected chi connectivity index (χ0v) is 18.5. The van der Waals surface area contributed by atoms with Crippen LogP contribution in [0.25, 0.3) is 0 Å². The van der Waals surface area contributed by atoms with Gasteiger partial charge in [0.1, 0.15) is 5.75 Å². The highest BCUT2D eigenvalue weighted by molar-refractivity contribution is 7.89. The number of nitrogens with zero attached hydrogens (tertiary/aromatic N) is 1. The molecule has 0 saturated carbocycles. The highest BCUT2D eigenvalue weighted by Gasteiger charge is 2.30. The molecule has 0 atom stereocenters. The Morgan fingerprint density at radius 1 is 1.03 bits per heavy atom.